The first-order valence-electron chi connectivity index (χ1n) is 5.98. The molecule has 0 spiro atoms. The van der Waals surface area contributed by atoms with Crippen molar-refractivity contribution >= 4 is 23.0 Å². The van der Waals surface area contributed by atoms with Crippen molar-refractivity contribution in [3.63, 3.8) is 0 Å². The molecule has 1 aromatic carbocycles. The van der Waals surface area contributed by atoms with Crippen LogP contribution in [0.5, 0.6) is 0 Å². The fourth-order valence-electron chi connectivity index (χ4n) is 1.76. The number of nitrogens with one attached hydrogen (secondary N) is 1. The Morgan fingerprint density at radius 2 is 2.05 bits per heavy atom. The van der Waals surface area contributed by atoms with Crippen LogP contribution in [-0.4, -0.2) is 16.1 Å². The molecule has 0 unspecified atom stereocenters. The average Bonchev–Trinajstić information content (AvgIpc) is 2.72. The van der Waals surface area contributed by atoms with Crippen LogP contribution in [0, 0.1) is 20.8 Å². The van der Waals surface area contributed by atoms with Crippen LogP contribution < -0.4 is 5.32 Å². The zero-order chi connectivity index (χ0) is 14.0. The number of hydrogen-bond donors (Lipinski definition) is 2. The van der Waals surface area contributed by atoms with E-state index in [2.05, 4.69) is 36.3 Å². The van der Waals surface area contributed by atoms with Gasteiger partial charge in [-0.05, 0) is 44.0 Å². The molecule has 2 aromatic rings. The number of carboxylic acid groups (broad SMARTS) is 1. The van der Waals surface area contributed by atoms with Crippen molar-refractivity contribution < 1.29 is 9.90 Å². The highest BCUT2D eigenvalue weighted by atomic mass is 32.1. The number of aryl methyl sites for hydroxylation is 3. The summed E-state index contributed by atoms with van der Waals surface area (Å²) < 4.78 is 0. The number of rotatable bonds is 4. The van der Waals surface area contributed by atoms with Crippen molar-refractivity contribution in [1.82, 2.24) is 4.98 Å². The Bertz CT molecular complexity index is 620. The molecule has 2 N–H and O–H groups in total. The van der Waals surface area contributed by atoms with Gasteiger partial charge in [-0.1, -0.05) is 6.07 Å². The van der Waals surface area contributed by atoms with Gasteiger partial charge in [0, 0.05) is 5.69 Å². The van der Waals surface area contributed by atoms with Crippen LogP contribution in [0.1, 0.15) is 31.5 Å². The van der Waals surface area contributed by atoms with Gasteiger partial charge in [-0.25, -0.2) is 9.78 Å². The largest absolute Gasteiger partial charge is 0.477 e. The van der Waals surface area contributed by atoms with Gasteiger partial charge in [0.2, 0.25) is 0 Å². The summed E-state index contributed by atoms with van der Waals surface area (Å²) in [5, 5.41) is 13.0. The average molecular weight is 276 g/mol. The second-order valence-corrected chi connectivity index (χ2v) is 5.56. The summed E-state index contributed by atoms with van der Waals surface area (Å²) >= 11 is 1.22. The Labute approximate surface area is 116 Å². The molecule has 4 nitrogen and oxygen atoms in total. The Morgan fingerprint density at radius 1 is 1.32 bits per heavy atom. The molecule has 0 radical (unpaired) electrons. The van der Waals surface area contributed by atoms with Crippen molar-refractivity contribution in [3.05, 3.63) is 44.9 Å². The van der Waals surface area contributed by atoms with E-state index in [-0.39, 0.29) is 0 Å². The molecule has 1 aromatic heterocycles. The number of carboxylic acids is 1. The van der Waals surface area contributed by atoms with Crippen LogP contribution in [-0.2, 0) is 6.54 Å². The van der Waals surface area contributed by atoms with Crippen molar-refractivity contribution in [3.8, 4) is 0 Å². The first-order chi connectivity index (χ1) is 8.97. The third-order valence-corrected chi connectivity index (χ3v) is 4.13. The van der Waals surface area contributed by atoms with E-state index in [9.17, 15) is 4.79 Å². The molecular formula is C14H16N2O2S. The monoisotopic (exact) mass is 276 g/mol. The minimum Gasteiger partial charge on any atom is -0.477 e. The fourth-order valence-corrected chi connectivity index (χ4v) is 2.60. The Kier molecular flexibility index (Phi) is 3.85. The van der Waals surface area contributed by atoms with Crippen LogP contribution in [0.15, 0.2) is 18.2 Å². The maximum absolute atomic E-state index is 10.9. The van der Waals surface area contributed by atoms with Crippen LogP contribution in [0.3, 0.4) is 0 Å². The van der Waals surface area contributed by atoms with E-state index < -0.39 is 5.97 Å². The molecule has 2 rings (SSSR count). The summed E-state index contributed by atoms with van der Waals surface area (Å²) in [6.45, 7) is 6.40. The molecule has 19 heavy (non-hydrogen) atoms. The van der Waals surface area contributed by atoms with E-state index >= 15 is 0 Å². The quantitative estimate of drug-likeness (QED) is 0.898. The normalized spacial score (nSPS) is 10.5. The number of aromatic nitrogens is 1. The minimum atomic E-state index is -0.910. The van der Waals surface area contributed by atoms with E-state index in [0.29, 0.717) is 17.1 Å². The van der Waals surface area contributed by atoms with Gasteiger partial charge in [0.1, 0.15) is 9.88 Å². The second kappa shape index (κ2) is 5.40. The molecule has 0 aliphatic heterocycles. The van der Waals surface area contributed by atoms with Crippen LogP contribution in [0.4, 0.5) is 5.69 Å². The summed E-state index contributed by atoms with van der Waals surface area (Å²) in [6, 6.07) is 6.16. The molecule has 0 fully saturated rings. The highest BCUT2D eigenvalue weighted by molar-refractivity contribution is 7.13. The molecule has 1 heterocycles. The van der Waals surface area contributed by atoms with Crippen molar-refractivity contribution in [1.29, 1.82) is 0 Å². The molecule has 0 aliphatic carbocycles. The predicted octanol–water partition coefficient (Wildman–Crippen LogP) is 3.38. The molecule has 0 aliphatic rings. The van der Waals surface area contributed by atoms with Crippen LogP contribution >= 0.6 is 11.3 Å². The van der Waals surface area contributed by atoms with E-state index in [0.717, 1.165) is 10.7 Å². The third-order valence-electron chi connectivity index (χ3n) is 2.99. The lowest BCUT2D eigenvalue weighted by Gasteiger charge is -2.06. The van der Waals surface area contributed by atoms with Crippen LogP contribution in [0.25, 0.3) is 0 Å². The highest BCUT2D eigenvalue weighted by Crippen LogP contribution is 2.20. The summed E-state index contributed by atoms with van der Waals surface area (Å²) in [6.07, 6.45) is 0. The number of anilines is 1. The van der Waals surface area contributed by atoms with E-state index in [1.54, 1.807) is 6.92 Å². The number of hydrogen-bond acceptors (Lipinski definition) is 4. The van der Waals surface area contributed by atoms with Gasteiger partial charge >= 0.3 is 5.97 Å². The lowest BCUT2D eigenvalue weighted by molar-refractivity contribution is 0.0701. The van der Waals surface area contributed by atoms with Crippen molar-refractivity contribution in [2.24, 2.45) is 0 Å². The summed E-state index contributed by atoms with van der Waals surface area (Å²) in [7, 11) is 0. The Morgan fingerprint density at radius 3 is 2.63 bits per heavy atom. The standard InChI is InChI=1S/C14H16N2O2S/c1-8-4-5-11(6-9(8)2)15-7-12-16-10(3)13(19-12)14(17)18/h4-6,15H,7H2,1-3H3,(H,17,18). The molecule has 0 atom stereocenters. The summed E-state index contributed by atoms with van der Waals surface area (Å²) in [4.78, 5) is 15.5. The number of thiazole rings is 1. The maximum Gasteiger partial charge on any atom is 0.347 e. The molecule has 0 saturated heterocycles. The van der Waals surface area contributed by atoms with Gasteiger partial charge in [-0.3, -0.25) is 0 Å². The third kappa shape index (κ3) is 3.12. The fraction of sp³-hybridized carbons (Fsp3) is 0.286. The number of benzene rings is 1. The topological polar surface area (TPSA) is 62.2 Å². The summed E-state index contributed by atoms with van der Waals surface area (Å²) in [5.41, 5.74) is 4.08. The van der Waals surface area contributed by atoms with Gasteiger partial charge in [0.25, 0.3) is 0 Å². The molecule has 5 heteroatoms. The van der Waals surface area contributed by atoms with E-state index in [1.807, 2.05) is 6.07 Å². The highest BCUT2D eigenvalue weighted by Gasteiger charge is 2.13. The Hall–Kier alpha value is -1.88. The van der Waals surface area contributed by atoms with Crippen molar-refractivity contribution in [2.45, 2.75) is 27.3 Å². The minimum absolute atomic E-state index is 0.317. The maximum atomic E-state index is 10.9. The second-order valence-electron chi connectivity index (χ2n) is 4.48. The molecular weight excluding hydrogens is 260 g/mol. The van der Waals surface area contributed by atoms with Gasteiger partial charge < -0.3 is 10.4 Å². The SMILES string of the molecule is Cc1ccc(NCc2nc(C)c(C(=O)O)s2)cc1C. The zero-order valence-electron chi connectivity index (χ0n) is 11.2. The molecule has 0 amide bonds. The van der Waals surface area contributed by atoms with Crippen LogP contribution in [0.2, 0.25) is 0 Å². The van der Waals surface area contributed by atoms with E-state index in [4.69, 9.17) is 5.11 Å². The summed E-state index contributed by atoms with van der Waals surface area (Å²) in [5.74, 6) is -0.910. The molecule has 0 bridgehead atoms. The smallest absolute Gasteiger partial charge is 0.347 e. The lowest BCUT2D eigenvalue weighted by Crippen LogP contribution is -1.99. The number of nitrogens with zero attached hydrogens (tertiary/aromatic N) is 1. The van der Waals surface area contributed by atoms with Gasteiger partial charge in [0.05, 0.1) is 12.2 Å². The number of carbonyl (C=O) groups is 1. The lowest BCUT2D eigenvalue weighted by atomic mass is 10.1. The molecule has 0 saturated carbocycles. The number of aromatic carboxylic acids is 1. The van der Waals surface area contributed by atoms with Gasteiger partial charge in [-0.2, -0.15) is 0 Å². The Balaban J connectivity index is 2.08. The first kappa shape index (κ1) is 13.5. The molecule has 100 valence electrons. The van der Waals surface area contributed by atoms with Crippen molar-refractivity contribution in [2.75, 3.05) is 5.32 Å². The predicted molar refractivity (Wildman–Crippen MR) is 77.1 cm³/mol. The van der Waals surface area contributed by atoms with Gasteiger partial charge in [-0.15, -0.1) is 11.3 Å². The van der Waals surface area contributed by atoms with E-state index in [1.165, 1.54) is 22.5 Å². The first-order valence-corrected chi connectivity index (χ1v) is 6.79. The zero-order valence-corrected chi connectivity index (χ0v) is 12.0. The van der Waals surface area contributed by atoms with Gasteiger partial charge in [0.15, 0.2) is 0 Å².